The quantitative estimate of drug-likeness (QED) is 0.306. The molecule has 0 fully saturated rings. The summed E-state index contributed by atoms with van der Waals surface area (Å²) in [5.41, 5.74) is 0. The second-order valence-electron chi connectivity index (χ2n) is 0.690. The highest BCUT2D eigenvalue weighted by atomic mass is 35.5. The van der Waals surface area contributed by atoms with Crippen molar-refractivity contribution in [3.05, 3.63) is 5.03 Å². The lowest BCUT2D eigenvalue weighted by Crippen LogP contribution is -1.82. The SMILES string of the molecule is O=[14C]=C(Cl)C(=O)Cl. The first-order valence-corrected chi connectivity index (χ1v) is 2.04. The van der Waals surface area contributed by atoms with E-state index in [0.29, 0.717) is 0 Å². The number of hydrogen-bond acceptors (Lipinski definition) is 2. The van der Waals surface area contributed by atoms with Crippen molar-refractivity contribution in [3.63, 3.8) is 0 Å². The van der Waals surface area contributed by atoms with E-state index in [1.807, 2.05) is 0 Å². The highest BCUT2D eigenvalue weighted by molar-refractivity contribution is 6.75. The van der Waals surface area contributed by atoms with Gasteiger partial charge in [0.05, 0.1) is 0 Å². The maximum atomic E-state index is 9.71. The zero-order valence-corrected chi connectivity index (χ0v) is 4.58. The molecule has 4 heteroatoms. The fourth-order valence-electron chi connectivity index (χ4n) is 0.0401. The number of halogens is 2. The Labute approximate surface area is 49.7 Å². The van der Waals surface area contributed by atoms with Crippen molar-refractivity contribution in [2.24, 2.45) is 0 Å². The van der Waals surface area contributed by atoms with Crippen LogP contribution in [0.1, 0.15) is 0 Å². The maximum Gasteiger partial charge on any atom is 0.275 e. The molecule has 0 aliphatic heterocycles. The molecular formula is C3Cl2O2. The van der Waals surface area contributed by atoms with Crippen LogP contribution in [-0.2, 0) is 9.59 Å². The minimum atomic E-state index is -0.975. The molecule has 0 N–H and O–H groups in total. The number of allylic oxidation sites excluding steroid dienone is 1. The zero-order chi connectivity index (χ0) is 5.86. The number of carbonyl (C=O) groups excluding carboxylic acids is 2. The van der Waals surface area contributed by atoms with Gasteiger partial charge in [-0.05, 0) is 11.6 Å². The molecule has 0 saturated carbocycles. The summed E-state index contributed by atoms with van der Waals surface area (Å²) in [5, 5.41) is -1.58. The van der Waals surface area contributed by atoms with Gasteiger partial charge in [0, 0.05) is 0 Å². The molecule has 0 heterocycles. The van der Waals surface area contributed by atoms with Gasteiger partial charge in [0.15, 0.2) is 5.03 Å². The molecule has 0 spiro atoms. The molecule has 0 unspecified atom stereocenters. The summed E-state index contributed by atoms with van der Waals surface area (Å²) >= 11 is 9.47. The molecule has 0 aliphatic carbocycles. The minimum absolute atomic E-state index is 0.610. The summed E-state index contributed by atoms with van der Waals surface area (Å²) in [7, 11) is 0. The van der Waals surface area contributed by atoms with Crippen molar-refractivity contribution >= 4 is 34.4 Å². The summed E-state index contributed by atoms with van der Waals surface area (Å²) in [4.78, 5) is 19.1. The van der Waals surface area contributed by atoms with E-state index in [9.17, 15) is 9.59 Å². The summed E-state index contributed by atoms with van der Waals surface area (Å²) < 4.78 is 0. The van der Waals surface area contributed by atoms with Crippen molar-refractivity contribution in [3.8, 4) is 0 Å². The standard InChI is InChI=1S/C3Cl2O2/c4-2(1-6)3(5)7/i1+2. The number of hydrogen-bond donors (Lipinski definition) is 0. The third kappa shape index (κ3) is 2.40. The lowest BCUT2D eigenvalue weighted by molar-refractivity contribution is -0.107. The third-order valence-electron chi connectivity index (χ3n) is 0.262. The molecule has 0 rings (SSSR count). The fraction of sp³-hybridized carbons (Fsp3) is 0. The average molecular weight is 141 g/mol. The van der Waals surface area contributed by atoms with E-state index in [4.69, 9.17) is 11.6 Å². The summed E-state index contributed by atoms with van der Waals surface area (Å²) in [6.07, 6.45) is 0. The van der Waals surface area contributed by atoms with Crippen molar-refractivity contribution in [2.45, 2.75) is 0 Å². The van der Waals surface area contributed by atoms with Crippen LogP contribution in [0.25, 0.3) is 0 Å². The summed E-state index contributed by atoms with van der Waals surface area (Å²) in [5.74, 6) is 1.11. The molecule has 0 aromatic carbocycles. The Morgan fingerprint density at radius 2 is 1.86 bits per heavy atom. The second-order valence-corrected chi connectivity index (χ2v) is 1.41. The molecule has 0 saturated heterocycles. The molecule has 0 aromatic heterocycles. The van der Waals surface area contributed by atoms with Crippen molar-refractivity contribution in [2.75, 3.05) is 0 Å². The van der Waals surface area contributed by atoms with Gasteiger partial charge in [-0.25, -0.2) is 4.79 Å². The van der Waals surface area contributed by atoms with Gasteiger partial charge in [-0.1, -0.05) is 11.6 Å². The van der Waals surface area contributed by atoms with Crippen LogP contribution in [0, 0.1) is 0 Å². The summed E-state index contributed by atoms with van der Waals surface area (Å²) in [6, 6.07) is 0. The lowest BCUT2D eigenvalue weighted by atomic mass is 10.8. The van der Waals surface area contributed by atoms with Crippen LogP contribution in [0.3, 0.4) is 0 Å². The van der Waals surface area contributed by atoms with Gasteiger partial charge in [0.2, 0.25) is 0 Å². The average Bonchev–Trinajstić information content (AvgIpc) is 1.65. The molecule has 0 aliphatic rings. The minimum Gasteiger partial charge on any atom is -0.274 e. The molecule has 2 nitrogen and oxygen atoms in total. The van der Waals surface area contributed by atoms with Crippen LogP contribution in [0.2, 0.25) is 0 Å². The Kier molecular flexibility index (Phi) is 2.68. The highest BCUT2D eigenvalue weighted by Gasteiger charge is 1.99. The van der Waals surface area contributed by atoms with Crippen LogP contribution in [0.5, 0.6) is 0 Å². The fourth-order valence-corrected chi connectivity index (χ4v) is 0.0787. The second kappa shape index (κ2) is 2.80. The van der Waals surface area contributed by atoms with Gasteiger partial charge in [-0.15, -0.1) is 0 Å². The van der Waals surface area contributed by atoms with Gasteiger partial charge in [0.1, 0.15) is 5.94 Å². The molecule has 0 bridgehead atoms. The first-order valence-electron chi connectivity index (χ1n) is 1.29. The van der Waals surface area contributed by atoms with Gasteiger partial charge in [-0.3, -0.25) is 4.79 Å². The van der Waals surface area contributed by atoms with E-state index in [2.05, 4.69) is 11.6 Å². The third-order valence-corrected chi connectivity index (χ3v) is 0.797. The molecule has 38 valence electrons. The van der Waals surface area contributed by atoms with Crippen LogP contribution in [0.4, 0.5) is 0 Å². The predicted octanol–water partition coefficient (Wildman–Crippen LogP) is 0.706. The van der Waals surface area contributed by atoms with E-state index in [1.165, 1.54) is 0 Å². The predicted molar refractivity (Wildman–Crippen MR) is 25.9 cm³/mol. The Morgan fingerprint density at radius 1 is 1.43 bits per heavy atom. The molecular weight excluding hydrogens is 141 g/mol. The Balaban J connectivity index is 4.10. The Bertz CT molecular complexity index is 134. The molecule has 0 atom stereocenters. The first kappa shape index (κ1) is 6.70. The maximum absolute atomic E-state index is 9.71. The van der Waals surface area contributed by atoms with Crippen molar-refractivity contribution in [1.29, 1.82) is 0 Å². The monoisotopic (exact) mass is 140 g/mol. The topological polar surface area (TPSA) is 34.1 Å². The zero-order valence-electron chi connectivity index (χ0n) is 3.07. The van der Waals surface area contributed by atoms with Crippen LogP contribution in [-0.4, -0.2) is 11.2 Å². The first-order chi connectivity index (χ1) is 3.18. The number of carbonyl (C=O) groups is 1. The Morgan fingerprint density at radius 3 is 1.86 bits per heavy atom. The van der Waals surface area contributed by atoms with E-state index in [1.54, 1.807) is 0 Å². The van der Waals surface area contributed by atoms with E-state index >= 15 is 0 Å². The van der Waals surface area contributed by atoms with Gasteiger partial charge >= 0.3 is 0 Å². The lowest BCUT2D eigenvalue weighted by Gasteiger charge is -1.71. The van der Waals surface area contributed by atoms with Gasteiger partial charge in [0.25, 0.3) is 5.24 Å². The summed E-state index contributed by atoms with van der Waals surface area (Å²) in [6.45, 7) is 0. The van der Waals surface area contributed by atoms with E-state index in [-0.39, 0.29) is 0 Å². The van der Waals surface area contributed by atoms with Crippen LogP contribution < -0.4 is 0 Å². The van der Waals surface area contributed by atoms with Crippen LogP contribution >= 0.6 is 23.2 Å². The highest BCUT2D eigenvalue weighted by Crippen LogP contribution is 1.98. The molecule has 7 heavy (non-hydrogen) atoms. The normalized spacial score (nSPS) is 7.14. The van der Waals surface area contributed by atoms with E-state index in [0.717, 1.165) is 5.94 Å². The Hall–Kier alpha value is -0.300. The molecule has 0 aromatic rings. The van der Waals surface area contributed by atoms with E-state index < -0.39 is 10.3 Å². The number of rotatable bonds is 1. The molecule has 0 amide bonds. The molecule has 0 radical (unpaired) electrons. The smallest absolute Gasteiger partial charge is 0.274 e. The van der Waals surface area contributed by atoms with Gasteiger partial charge < -0.3 is 0 Å². The largest absolute Gasteiger partial charge is 0.275 e. The van der Waals surface area contributed by atoms with Crippen molar-refractivity contribution in [1.82, 2.24) is 0 Å². The van der Waals surface area contributed by atoms with Crippen molar-refractivity contribution < 1.29 is 9.59 Å². The van der Waals surface area contributed by atoms with Crippen LogP contribution in [0.15, 0.2) is 5.03 Å². The van der Waals surface area contributed by atoms with Gasteiger partial charge in [-0.2, -0.15) is 0 Å².